The third-order valence-corrected chi connectivity index (χ3v) is 4.91. The molecule has 0 bridgehead atoms. The summed E-state index contributed by atoms with van der Waals surface area (Å²) in [6, 6.07) is 0. The number of carbonyl (C=O) groups excluding carboxylic acids is 1. The molecule has 1 aliphatic heterocycles. The smallest absolute Gasteiger partial charge is 0.410 e. The van der Waals surface area contributed by atoms with Crippen molar-refractivity contribution >= 4 is 17.4 Å². The molecule has 1 N–H and O–H groups in total. The van der Waals surface area contributed by atoms with Gasteiger partial charge in [0.05, 0.1) is 5.01 Å². The van der Waals surface area contributed by atoms with Crippen LogP contribution < -0.4 is 5.32 Å². The lowest BCUT2D eigenvalue weighted by Gasteiger charge is -2.33. The first-order valence-corrected chi connectivity index (χ1v) is 9.31. The summed E-state index contributed by atoms with van der Waals surface area (Å²) in [5.41, 5.74) is 0.698. The number of aromatic nitrogens is 1. The van der Waals surface area contributed by atoms with E-state index in [1.165, 1.54) is 5.01 Å². The van der Waals surface area contributed by atoms with Crippen molar-refractivity contribution < 1.29 is 9.53 Å². The number of thiazole rings is 1. The van der Waals surface area contributed by atoms with Gasteiger partial charge in [-0.25, -0.2) is 9.78 Å². The fourth-order valence-corrected chi connectivity index (χ4v) is 3.44. The molecule has 2 rings (SSSR count). The highest BCUT2D eigenvalue weighted by Gasteiger charge is 2.26. The standard InChI is InChI=1S/C17H29N3O2S/c1-13-12-23-15(19-13)5-8-18-11-14-6-9-20(10-7-14)16(21)22-17(2,3)4/h12,14,18H,5-11H2,1-4H3. The zero-order chi connectivity index (χ0) is 16.9. The van der Waals surface area contributed by atoms with Gasteiger partial charge in [0.15, 0.2) is 0 Å². The van der Waals surface area contributed by atoms with Crippen LogP contribution in [0.15, 0.2) is 5.38 Å². The van der Waals surface area contributed by atoms with Crippen LogP contribution >= 0.6 is 11.3 Å². The van der Waals surface area contributed by atoms with Crippen LogP contribution in [-0.4, -0.2) is 47.8 Å². The van der Waals surface area contributed by atoms with Gasteiger partial charge < -0.3 is 15.0 Å². The Bertz CT molecular complexity index is 502. The summed E-state index contributed by atoms with van der Waals surface area (Å²) in [4.78, 5) is 18.3. The molecule has 23 heavy (non-hydrogen) atoms. The number of hydrogen-bond acceptors (Lipinski definition) is 5. The molecule has 5 nitrogen and oxygen atoms in total. The molecule has 0 aromatic carbocycles. The van der Waals surface area contributed by atoms with E-state index in [1.807, 2.05) is 32.6 Å². The summed E-state index contributed by atoms with van der Waals surface area (Å²) in [5, 5.41) is 6.83. The molecule has 0 radical (unpaired) electrons. The predicted molar refractivity (Wildman–Crippen MR) is 94.0 cm³/mol. The Kier molecular flexibility index (Phi) is 6.41. The Labute approximate surface area is 143 Å². The maximum absolute atomic E-state index is 12.0. The summed E-state index contributed by atoms with van der Waals surface area (Å²) < 4.78 is 5.43. The maximum Gasteiger partial charge on any atom is 0.410 e. The summed E-state index contributed by atoms with van der Waals surface area (Å²) in [6.45, 7) is 11.3. The van der Waals surface area contributed by atoms with Gasteiger partial charge >= 0.3 is 6.09 Å². The SMILES string of the molecule is Cc1csc(CCNCC2CCN(C(=O)OC(C)(C)C)CC2)n1. The normalized spacial score (nSPS) is 16.6. The summed E-state index contributed by atoms with van der Waals surface area (Å²) in [6.07, 6.45) is 2.91. The van der Waals surface area contributed by atoms with Gasteiger partial charge in [-0.15, -0.1) is 11.3 Å². The van der Waals surface area contributed by atoms with Crippen molar-refractivity contribution in [3.8, 4) is 0 Å². The maximum atomic E-state index is 12.0. The van der Waals surface area contributed by atoms with Gasteiger partial charge in [-0.3, -0.25) is 0 Å². The number of piperidine rings is 1. The molecule has 0 aliphatic carbocycles. The van der Waals surface area contributed by atoms with Gasteiger partial charge in [-0.2, -0.15) is 0 Å². The Balaban J connectivity index is 1.60. The quantitative estimate of drug-likeness (QED) is 0.837. The summed E-state index contributed by atoms with van der Waals surface area (Å²) in [7, 11) is 0. The monoisotopic (exact) mass is 339 g/mol. The van der Waals surface area contributed by atoms with Crippen LogP contribution in [0.3, 0.4) is 0 Å². The number of carbonyl (C=O) groups is 1. The van der Waals surface area contributed by atoms with Crippen molar-refractivity contribution in [2.75, 3.05) is 26.2 Å². The molecule has 130 valence electrons. The lowest BCUT2D eigenvalue weighted by Crippen LogP contribution is -2.43. The Morgan fingerprint density at radius 2 is 2.13 bits per heavy atom. The largest absolute Gasteiger partial charge is 0.444 e. The first-order chi connectivity index (χ1) is 10.8. The molecule has 1 saturated heterocycles. The molecule has 1 fully saturated rings. The molecular formula is C17H29N3O2S. The zero-order valence-electron chi connectivity index (χ0n) is 14.7. The van der Waals surface area contributed by atoms with Crippen LogP contribution in [0.4, 0.5) is 4.79 Å². The van der Waals surface area contributed by atoms with Crippen LogP contribution in [0.25, 0.3) is 0 Å². The molecule has 1 aliphatic rings. The lowest BCUT2D eigenvalue weighted by atomic mass is 9.97. The van der Waals surface area contributed by atoms with Gasteiger partial charge in [-0.05, 0) is 53.0 Å². The van der Waals surface area contributed by atoms with Crippen LogP contribution in [-0.2, 0) is 11.2 Å². The van der Waals surface area contributed by atoms with Gasteiger partial charge in [0.1, 0.15) is 5.60 Å². The minimum atomic E-state index is -0.413. The van der Waals surface area contributed by atoms with E-state index >= 15 is 0 Å². The molecule has 2 heterocycles. The van der Waals surface area contributed by atoms with E-state index in [9.17, 15) is 4.79 Å². The average molecular weight is 340 g/mol. The highest BCUT2D eigenvalue weighted by molar-refractivity contribution is 7.09. The molecule has 0 atom stereocenters. The second kappa shape index (κ2) is 8.11. The first-order valence-electron chi connectivity index (χ1n) is 8.43. The molecule has 0 saturated carbocycles. The van der Waals surface area contributed by atoms with Crippen molar-refractivity contribution in [3.63, 3.8) is 0 Å². The topological polar surface area (TPSA) is 54.5 Å². The van der Waals surface area contributed by atoms with E-state index in [-0.39, 0.29) is 6.09 Å². The number of likely N-dealkylation sites (tertiary alicyclic amines) is 1. The molecular weight excluding hydrogens is 310 g/mol. The van der Waals surface area contributed by atoms with E-state index in [2.05, 4.69) is 15.7 Å². The lowest BCUT2D eigenvalue weighted by molar-refractivity contribution is 0.0184. The summed E-state index contributed by atoms with van der Waals surface area (Å²) in [5.74, 6) is 0.645. The molecule has 0 spiro atoms. The number of amides is 1. The molecule has 6 heteroatoms. The number of hydrogen-bond donors (Lipinski definition) is 1. The third-order valence-electron chi connectivity index (χ3n) is 3.88. The molecule has 0 unspecified atom stereocenters. The van der Waals surface area contributed by atoms with Crippen LogP contribution in [0.1, 0.15) is 44.3 Å². The summed E-state index contributed by atoms with van der Waals surface area (Å²) >= 11 is 1.73. The minimum Gasteiger partial charge on any atom is -0.444 e. The van der Waals surface area contributed by atoms with E-state index < -0.39 is 5.60 Å². The minimum absolute atomic E-state index is 0.178. The van der Waals surface area contributed by atoms with Crippen LogP contribution in [0, 0.1) is 12.8 Å². The predicted octanol–water partition coefficient (Wildman–Crippen LogP) is 3.23. The third kappa shape index (κ3) is 6.47. The number of aryl methyl sites for hydroxylation is 1. The Hall–Kier alpha value is -1.14. The fraction of sp³-hybridized carbons (Fsp3) is 0.765. The first kappa shape index (κ1) is 18.2. The molecule has 1 aromatic heterocycles. The fourth-order valence-electron chi connectivity index (χ4n) is 2.67. The second-order valence-corrected chi connectivity index (χ2v) is 8.19. The van der Waals surface area contributed by atoms with E-state index in [1.54, 1.807) is 11.3 Å². The zero-order valence-corrected chi connectivity index (χ0v) is 15.5. The Morgan fingerprint density at radius 1 is 1.43 bits per heavy atom. The highest BCUT2D eigenvalue weighted by Crippen LogP contribution is 2.19. The van der Waals surface area contributed by atoms with E-state index in [4.69, 9.17) is 4.74 Å². The number of nitrogens with zero attached hydrogens (tertiary/aromatic N) is 2. The number of rotatable bonds is 5. The average Bonchev–Trinajstić information content (AvgIpc) is 2.88. The molecule has 1 aromatic rings. The van der Waals surface area contributed by atoms with Crippen LogP contribution in [0.5, 0.6) is 0 Å². The van der Waals surface area contributed by atoms with Crippen molar-refractivity contribution in [2.24, 2.45) is 5.92 Å². The van der Waals surface area contributed by atoms with E-state index in [0.29, 0.717) is 5.92 Å². The van der Waals surface area contributed by atoms with E-state index in [0.717, 1.165) is 51.1 Å². The van der Waals surface area contributed by atoms with Crippen molar-refractivity contribution in [1.82, 2.24) is 15.2 Å². The highest BCUT2D eigenvalue weighted by atomic mass is 32.1. The van der Waals surface area contributed by atoms with Crippen molar-refractivity contribution in [3.05, 3.63) is 16.1 Å². The van der Waals surface area contributed by atoms with Crippen LogP contribution in [0.2, 0.25) is 0 Å². The second-order valence-electron chi connectivity index (χ2n) is 7.25. The van der Waals surface area contributed by atoms with Gasteiger partial charge in [0.2, 0.25) is 0 Å². The molecule has 1 amide bonds. The Morgan fingerprint density at radius 3 is 2.70 bits per heavy atom. The number of nitrogens with one attached hydrogen (secondary N) is 1. The van der Waals surface area contributed by atoms with Crippen molar-refractivity contribution in [2.45, 2.75) is 52.6 Å². The van der Waals surface area contributed by atoms with Gasteiger partial charge in [0, 0.05) is 37.1 Å². The number of ether oxygens (including phenoxy) is 1. The van der Waals surface area contributed by atoms with Gasteiger partial charge in [-0.1, -0.05) is 0 Å². The van der Waals surface area contributed by atoms with Crippen molar-refractivity contribution in [1.29, 1.82) is 0 Å². The van der Waals surface area contributed by atoms with Gasteiger partial charge in [0.25, 0.3) is 0 Å².